The van der Waals surface area contributed by atoms with Crippen LogP contribution in [0.4, 0.5) is 11.4 Å². The van der Waals surface area contributed by atoms with Gasteiger partial charge in [-0.15, -0.1) is 0 Å². The number of allylic oxidation sites excluding steroid dienone is 1. The van der Waals surface area contributed by atoms with Gasteiger partial charge in [0.2, 0.25) is 0 Å². The molecule has 7 heteroatoms. The number of hydrogen-bond acceptors (Lipinski definition) is 7. The first kappa shape index (κ1) is 30.0. The van der Waals surface area contributed by atoms with Gasteiger partial charge in [-0.2, -0.15) is 10.2 Å². The zero-order valence-corrected chi connectivity index (χ0v) is 23.2. The summed E-state index contributed by atoms with van der Waals surface area (Å²) in [7, 11) is 0. The van der Waals surface area contributed by atoms with Crippen molar-refractivity contribution in [1.29, 1.82) is 0 Å². The van der Waals surface area contributed by atoms with Gasteiger partial charge in [0.25, 0.3) is 0 Å². The van der Waals surface area contributed by atoms with Crippen LogP contribution in [-0.4, -0.2) is 31.6 Å². The third-order valence-electron chi connectivity index (χ3n) is 5.85. The summed E-state index contributed by atoms with van der Waals surface area (Å²) >= 11 is 0. The molecule has 3 aromatic carbocycles. The molecule has 0 amide bonds. The van der Waals surface area contributed by atoms with E-state index in [0.29, 0.717) is 48.6 Å². The lowest BCUT2D eigenvalue weighted by Gasteiger charge is -2.08. The number of ketones is 1. The minimum atomic E-state index is -0.387. The first-order valence-corrected chi connectivity index (χ1v) is 13.3. The van der Waals surface area contributed by atoms with E-state index in [1.807, 2.05) is 72.8 Å². The first-order chi connectivity index (χ1) is 19.3. The van der Waals surface area contributed by atoms with Crippen molar-refractivity contribution in [3.63, 3.8) is 0 Å². The molecule has 0 aliphatic heterocycles. The molecular weight excluding hydrogens is 504 g/mol. The van der Waals surface area contributed by atoms with Gasteiger partial charge >= 0.3 is 5.97 Å². The fraction of sp³-hybridized carbons (Fsp3) is 0.273. The number of rotatable bonds is 16. The maximum absolute atomic E-state index is 11.6. The van der Waals surface area contributed by atoms with E-state index in [2.05, 4.69) is 23.4 Å². The van der Waals surface area contributed by atoms with Gasteiger partial charge in [0.15, 0.2) is 5.78 Å². The van der Waals surface area contributed by atoms with Crippen LogP contribution in [0.2, 0.25) is 0 Å². The van der Waals surface area contributed by atoms with Gasteiger partial charge in [-0.1, -0.05) is 37.4 Å². The monoisotopic (exact) mass is 540 g/mol. The Morgan fingerprint density at radius 3 is 1.62 bits per heavy atom. The Morgan fingerprint density at radius 1 is 0.625 bits per heavy atom. The Morgan fingerprint density at radius 2 is 1.10 bits per heavy atom. The predicted molar refractivity (Wildman–Crippen MR) is 158 cm³/mol. The second-order valence-corrected chi connectivity index (χ2v) is 9.39. The average molecular weight is 541 g/mol. The third-order valence-corrected chi connectivity index (χ3v) is 5.85. The number of benzene rings is 3. The highest BCUT2D eigenvalue weighted by Gasteiger charge is 2.04. The molecule has 7 nitrogen and oxygen atoms in total. The smallest absolute Gasteiger partial charge is 0.333 e. The number of carbonyl (C=O) groups is 2. The van der Waals surface area contributed by atoms with E-state index in [0.717, 1.165) is 35.4 Å². The molecule has 0 aliphatic carbocycles. The summed E-state index contributed by atoms with van der Waals surface area (Å²) < 4.78 is 16.5. The maximum Gasteiger partial charge on any atom is 0.333 e. The summed E-state index contributed by atoms with van der Waals surface area (Å²) in [5, 5.41) is 8.63. The molecule has 3 rings (SSSR count). The molecule has 0 aliphatic rings. The van der Waals surface area contributed by atoms with E-state index in [-0.39, 0.29) is 18.4 Å². The van der Waals surface area contributed by atoms with E-state index < -0.39 is 0 Å². The normalized spacial score (nSPS) is 10.8. The van der Waals surface area contributed by atoms with E-state index in [9.17, 15) is 9.59 Å². The molecule has 0 heterocycles. The first-order valence-electron chi connectivity index (χ1n) is 13.3. The number of Topliss-reactive ketones (excluding diaryl/α,β-unsaturated/α-hetero) is 1. The number of ether oxygens (including phenoxy) is 3. The molecule has 0 bridgehead atoms. The Hall–Kier alpha value is -4.52. The number of esters is 1. The second-order valence-electron chi connectivity index (χ2n) is 9.39. The highest BCUT2D eigenvalue weighted by molar-refractivity contribution is 5.94. The van der Waals surface area contributed by atoms with Gasteiger partial charge < -0.3 is 14.2 Å². The van der Waals surface area contributed by atoms with Crippen LogP contribution in [0.1, 0.15) is 39.5 Å². The highest BCUT2D eigenvalue weighted by atomic mass is 16.5. The minimum absolute atomic E-state index is 0.117. The molecule has 0 atom stereocenters. The van der Waals surface area contributed by atoms with E-state index in [4.69, 9.17) is 14.2 Å². The molecule has 3 aromatic rings. The summed E-state index contributed by atoms with van der Waals surface area (Å²) in [5.41, 5.74) is 4.60. The molecule has 208 valence electrons. The Bertz CT molecular complexity index is 1310. The number of hydrogen-bond donors (Lipinski definition) is 0. The summed E-state index contributed by atoms with van der Waals surface area (Å²) in [6.45, 7) is 11.9. The van der Waals surface area contributed by atoms with Crippen LogP contribution in [0.25, 0.3) is 11.1 Å². The molecule has 0 saturated carbocycles. The van der Waals surface area contributed by atoms with Gasteiger partial charge in [-0.05, 0) is 91.9 Å². The minimum Gasteiger partial charge on any atom is -0.494 e. The Kier molecular flexibility index (Phi) is 11.9. The molecule has 0 unspecified atom stereocenters. The van der Waals surface area contributed by atoms with Crippen LogP contribution in [0.15, 0.2) is 107 Å². The average Bonchev–Trinajstić information content (AvgIpc) is 2.96. The van der Waals surface area contributed by atoms with Crippen molar-refractivity contribution >= 4 is 23.1 Å². The van der Waals surface area contributed by atoms with Crippen molar-refractivity contribution in [2.45, 2.75) is 39.5 Å². The Labute approximate surface area is 236 Å². The highest BCUT2D eigenvalue weighted by Crippen LogP contribution is 2.26. The summed E-state index contributed by atoms with van der Waals surface area (Å²) in [5.74, 6) is 1.25. The quantitative estimate of drug-likeness (QED) is 0.0788. The zero-order chi connectivity index (χ0) is 28.7. The van der Waals surface area contributed by atoms with Crippen LogP contribution in [0.3, 0.4) is 0 Å². The van der Waals surface area contributed by atoms with Crippen LogP contribution in [0.5, 0.6) is 11.5 Å². The molecule has 40 heavy (non-hydrogen) atoms. The standard InChI is InChI=1S/C33H36N2O5/c1-24(2)32(36)8-5-6-21-38-30-17-11-27(12-18-30)26-9-13-28(14-10-26)34-35-29-15-19-31(20-16-29)39-22-7-23-40-33(37)25(3)4/h9-20H,1,3,5-8,21-23H2,2,4H3. The van der Waals surface area contributed by atoms with Crippen molar-refractivity contribution in [1.82, 2.24) is 0 Å². The van der Waals surface area contributed by atoms with Gasteiger partial charge in [0.05, 0.1) is 31.2 Å². The topological polar surface area (TPSA) is 86.6 Å². The van der Waals surface area contributed by atoms with Crippen LogP contribution in [-0.2, 0) is 14.3 Å². The number of azo groups is 1. The summed E-state index contributed by atoms with van der Waals surface area (Å²) in [4.78, 5) is 22.9. The van der Waals surface area contributed by atoms with Gasteiger partial charge in [-0.25, -0.2) is 4.79 Å². The second kappa shape index (κ2) is 15.8. The van der Waals surface area contributed by atoms with Crippen LogP contribution in [0, 0.1) is 0 Å². The Balaban J connectivity index is 1.41. The van der Waals surface area contributed by atoms with Gasteiger partial charge in [-0.3, -0.25) is 4.79 Å². The molecule has 0 N–H and O–H groups in total. The lowest BCUT2D eigenvalue weighted by molar-refractivity contribution is -0.139. The summed E-state index contributed by atoms with van der Waals surface area (Å²) in [6, 6.07) is 23.1. The van der Waals surface area contributed by atoms with E-state index in [1.54, 1.807) is 13.8 Å². The third kappa shape index (κ3) is 10.3. The molecule has 0 radical (unpaired) electrons. The van der Waals surface area contributed by atoms with Crippen molar-refractivity contribution in [3.05, 3.63) is 97.1 Å². The van der Waals surface area contributed by atoms with Gasteiger partial charge in [0.1, 0.15) is 11.5 Å². The number of nitrogens with zero attached hydrogens (tertiary/aromatic N) is 2. The van der Waals surface area contributed by atoms with Crippen LogP contribution >= 0.6 is 0 Å². The zero-order valence-electron chi connectivity index (χ0n) is 23.2. The molecular formula is C33H36N2O5. The lowest BCUT2D eigenvalue weighted by Crippen LogP contribution is -2.09. The molecule has 0 spiro atoms. The molecule has 0 saturated heterocycles. The fourth-order valence-corrected chi connectivity index (χ4v) is 3.52. The van der Waals surface area contributed by atoms with Crippen molar-refractivity contribution < 1.29 is 23.8 Å². The SMILES string of the molecule is C=C(C)C(=O)CCCCOc1ccc(-c2ccc(N=Nc3ccc(OCCCOC(=O)C(=C)C)cc3)cc2)cc1. The largest absolute Gasteiger partial charge is 0.494 e. The van der Waals surface area contributed by atoms with E-state index in [1.165, 1.54) is 0 Å². The van der Waals surface area contributed by atoms with Gasteiger partial charge in [0, 0.05) is 18.4 Å². The maximum atomic E-state index is 11.6. The lowest BCUT2D eigenvalue weighted by atomic mass is 10.1. The summed E-state index contributed by atoms with van der Waals surface area (Å²) in [6.07, 6.45) is 2.73. The molecule has 0 aromatic heterocycles. The van der Waals surface area contributed by atoms with Crippen molar-refractivity contribution in [2.75, 3.05) is 19.8 Å². The number of carbonyl (C=O) groups excluding carboxylic acids is 2. The predicted octanol–water partition coefficient (Wildman–Crippen LogP) is 8.35. The van der Waals surface area contributed by atoms with Crippen LogP contribution < -0.4 is 9.47 Å². The fourth-order valence-electron chi connectivity index (χ4n) is 3.52. The van der Waals surface area contributed by atoms with Crippen molar-refractivity contribution in [3.8, 4) is 22.6 Å². The number of unbranched alkanes of at least 4 members (excludes halogenated alkanes) is 1. The molecule has 0 fully saturated rings. The van der Waals surface area contributed by atoms with E-state index >= 15 is 0 Å². The van der Waals surface area contributed by atoms with Crippen molar-refractivity contribution in [2.24, 2.45) is 10.2 Å².